The van der Waals surface area contributed by atoms with E-state index in [9.17, 15) is 4.79 Å². The Morgan fingerprint density at radius 1 is 0.926 bits per heavy atom. The van der Waals surface area contributed by atoms with Crippen molar-refractivity contribution in [2.75, 3.05) is 32.7 Å². The van der Waals surface area contributed by atoms with Crippen molar-refractivity contribution in [1.29, 1.82) is 0 Å². The number of aryl methyl sites for hydroxylation is 1. The van der Waals surface area contributed by atoms with Crippen LogP contribution >= 0.6 is 0 Å². The summed E-state index contributed by atoms with van der Waals surface area (Å²) in [5.74, 6) is 0.344. The highest BCUT2D eigenvalue weighted by molar-refractivity contribution is 5.85. The summed E-state index contributed by atoms with van der Waals surface area (Å²) < 4.78 is 0. The van der Waals surface area contributed by atoms with Gasteiger partial charge in [-0.3, -0.25) is 4.79 Å². The quantitative estimate of drug-likeness (QED) is 0.668. The smallest absolute Gasteiger partial charge is 0.230 e. The van der Waals surface area contributed by atoms with Crippen molar-refractivity contribution in [1.82, 2.24) is 9.80 Å². The molecular formula is C24H32N2O. The summed E-state index contributed by atoms with van der Waals surface area (Å²) in [6.07, 6.45) is 2.89. The molecule has 1 atom stereocenters. The molecule has 27 heavy (non-hydrogen) atoms. The van der Waals surface area contributed by atoms with E-state index >= 15 is 0 Å². The van der Waals surface area contributed by atoms with Gasteiger partial charge in [-0.05, 0) is 49.0 Å². The Labute approximate surface area is 164 Å². The van der Waals surface area contributed by atoms with Crippen LogP contribution in [0.1, 0.15) is 42.9 Å². The fourth-order valence-corrected chi connectivity index (χ4v) is 4.08. The van der Waals surface area contributed by atoms with Gasteiger partial charge in [0.15, 0.2) is 0 Å². The summed E-state index contributed by atoms with van der Waals surface area (Å²) in [5, 5.41) is 0. The summed E-state index contributed by atoms with van der Waals surface area (Å²) >= 11 is 0. The van der Waals surface area contributed by atoms with E-state index in [4.69, 9.17) is 0 Å². The van der Waals surface area contributed by atoms with Crippen LogP contribution in [-0.4, -0.2) is 48.4 Å². The molecule has 0 aromatic heterocycles. The lowest BCUT2D eigenvalue weighted by Gasteiger charge is -2.29. The summed E-state index contributed by atoms with van der Waals surface area (Å²) in [4.78, 5) is 17.9. The van der Waals surface area contributed by atoms with Gasteiger partial charge in [0.2, 0.25) is 5.91 Å². The third-order valence-corrected chi connectivity index (χ3v) is 5.84. The van der Waals surface area contributed by atoms with Gasteiger partial charge in [0.25, 0.3) is 0 Å². The topological polar surface area (TPSA) is 23.6 Å². The van der Waals surface area contributed by atoms with Gasteiger partial charge < -0.3 is 9.80 Å². The minimum Gasteiger partial charge on any atom is -0.341 e. The molecule has 0 heterocycles. The van der Waals surface area contributed by atoms with Crippen molar-refractivity contribution < 1.29 is 4.79 Å². The van der Waals surface area contributed by atoms with Crippen LogP contribution in [0.3, 0.4) is 0 Å². The van der Waals surface area contributed by atoms with Crippen LogP contribution in [0.15, 0.2) is 54.6 Å². The van der Waals surface area contributed by atoms with Gasteiger partial charge in [-0.25, -0.2) is 0 Å². The first-order valence-electron chi connectivity index (χ1n) is 10.4. The second-order valence-corrected chi connectivity index (χ2v) is 7.38. The number of carbonyl (C=O) groups excluding carboxylic acids is 1. The molecule has 0 spiro atoms. The zero-order valence-corrected chi connectivity index (χ0v) is 16.7. The molecule has 0 saturated carbocycles. The van der Waals surface area contributed by atoms with Gasteiger partial charge in [-0.15, -0.1) is 0 Å². The molecule has 1 unspecified atom stereocenters. The van der Waals surface area contributed by atoms with Gasteiger partial charge in [0.05, 0.1) is 5.92 Å². The summed E-state index contributed by atoms with van der Waals surface area (Å²) in [5.41, 5.74) is 3.89. The van der Waals surface area contributed by atoms with E-state index in [0.29, 0.717) is 5.91 Å². The standard InChI is InChI=1S/C24H32N2O/c1-3-25(4-2)18-19-26(17-16-20-10-6-5-7-11-20)24(27)23-15-14-21-12-8-9-13-22(21)23/h5-13,23H,3-4,14-19H2,1-2H3. The Kier molecular flexibility index (Phi) is 7.05. The lowest BCUT2D eigenvalue weighted by atomic mass is 9.99. The highest BCUT2D eigenvalue weighted by Crippen LogP contribution is 2.34. The van der Waals surface area contributed by atoms with Crippen molar-refractivity contribution in [3.05, 3.63) is 71.3 Å². The van der Waals surface area contributed by atoms with Crippen molar-refractivity contribution >= 4 is 5.91 Å². The van der Waals surface area contributed by atoms with Crippen LogP contribution < -0.4 is 0 Å². The number of carbonyl (C=O) groups is 1. The van der Waals surface area contributed by atoms with Gasteiger partial charge in [0.1, 0.15) is 0 Å². The number of amides is 1. The van der Waals surface area contributed by atoms with E-state index in [1.807, 2.05) is 6.07 Å². The zero-order chi connectivity index (χ0) is 19.1. The third-order valence-electron chi connectivity index (χ3n) is 5.84. The molecule has 0 aliphatic heterocycles. The fourth-order valence-electron chi connectivity index (χ4n) is 4.08. The van der Waals surface area contributed by atoms with Crippen molar-refractivity contribution in [3.63, 3.8) is 0 Å². The molecule has 3 heteroatoms. The Morgan fingerprint density at radius 2 is 1.63 bits per heavy atom. The molecule has 3 rings (SSSR count). The van der Waals surface area contributed by atoms with E-state index in [-0.39, 0.29) is 5.92 Å². The normalized spacial score (nSPS) is 15.7. The maximum absolute atomic E-state index is 13.4. The highest BCUT2D eigenvalue weighted by Gasteiger charge is 2.31. The number of fused-ring (bicyclic) bond motifs is 1. The molecule has 0 saturated heterocycles. The van der Waals surface area contributed by atoms with Gasteiger partial charge in [0, 0.05) is 19.6 Å². The van der Waals surface area contributed by atoms with E-state index in [1.165, 1.54) is 16.7 Å². The maximum Gasteiger partial charge on any atom is 0.230 e. The SMILES string of the molecule is CCN(CC)CCN(CCc1ccccc1)C(=O)C1CCc2ccccc21. The minimum absolute atomic E-state index is 0.0358. The van der Waals surface area contributed by atoms with E-state index in [1.54, 1.807) is 0 Å². The van der Waals surface area contributed by atoms with Crippen LogP contribution in [0, 0.1) is 0 Å². The van der Waals surface area contributed by atoms with Crippen LogP contribution in [-0.2, 0) is 17.6 Å². The van der Waals surface area contributed by atoms with Gasteiger partial charge in [-0.2, -0.15) is 0 Å². The Morgan fingerprint density at radius 3 is 2.37 bits per heavy atom. The molecule has 1 amide bonds. The van der Waals surface area contributed by atoms with Crippen LogP contribution in [0.4, 0.5) is 0 Å². The summed E-state index contributed by atoms with van der Waals surface area (Å²) in [6, 6.07) is 19.0. The second kappa shape index (κ2) is 9.70. The predicted octanol–water partition coefficient (Wildman–Crippen LogP) is 4.13. The monoisotopic (exact) mass is 364 g/mol. The maximum atomic E-state index is 13.4. The Bertz CT molecular complexity index is 724. The Hall–Kier alpha value is -2.13. The van der Waals surface area contributed by atoms with Crippen LogP contribution in [0.25, 0.3) is 0 Å². The van der Waals surface area contributed by atoms with E-state index in [2.05, 4.69) is 72.2 Å². The molecular weight excluding hydrogens is 332 g/mol. The lowest BCUT2D eigenvalue weighted by Crippen LogP contribution is -2.41. The van der Waals surface area contributed by atoms with E-state index in [0.717, 1.165) is 52.0 Å². The average molecular weight is 365 g/mol. The first kappa shape index (κ1) is 19.6. The number of likely N-dealkylation sites (N-methyl/N-ethyl adjacent to an activating group) is 1. The van der Waals surface area contributed by atoms with Gasteiger partial charge >= 0.3 is 0 Å². The third kappa shape index (κ3) is 4.98. The summed E-state index contributed by atoms with van der Waals surface area (Å²) in [6.45, 7) is 8.99. The van der Waals surface area contributed by atoms with Crippen LogP contribution in [0.5, 0.6) is 0 Å². The lowest BCUT2D eigenvalue weighted by molar-refractivity contribution is -0.133. The number of hydrogen-bond donors (Lipinski definition) is 0. The molecule has 2 aromatic carbocycles. The molecule has 1 aliphatic carbocycles. The fraction of sp³-hybridized carbons (Fsp3) is 0.458. The van der Waals surface area contributed by atoms with Crippen molar-refractivity contribution in [2.45, 2.75) is 39.0 Å². The molecule has 0 N–H and O–H groups in total. The predicted molar refractivity (Wildman–Crippen MR) is 112 cm³/mol. The number of hydrogen-bond acceptors (Lipinski definition) is 2. The molecule has 3 nitrogen and oxygen atoms in total. The Balaban J connectivity index is 1.71. The van der Waals surface area contributed by atoms with Gasteiger partial charge in [-0.1, -0.05) is 68.4 Å². The molecule has 0 fully saturated rings. The first-order chi connectivity index (χ1) is 13.2. The zero-order valence-electron chi connectivity index (χ0n) is 16.7. The van der Waals surface area contributed by atoms with Crippen LogP contribution in [0.2, 0.25) is 0 Å². The summed E-state index contributed by atoms with van der Waals surface area (Å²) in [7, 11) is 0. The van der Waals surface area contributed by atoms with E-state index < -0.39 is 0 Å². The molecule has 1 aliphatic rings. The molecule has 2 aromatic rings. The minimum atomic E-state index is 0.0358. The average Bonchev–Trinajstić information content (AvgIpc) is 3.15. The highest BCUT2D eigenvalue weighted by atomic mass is 16.2. The molecule has 0 bridgehead atoms. The van der Waals surface area contributed by atoms with Crippen molar-refractivity contribution in [3.8, 4) is 0 Å². The second-order valence-electron chi connectivity index (χ2n) is 7.38. The molecule has 144 valence electrons. The largest absolute Gasteiger partial charge is 0.341 e. The number of rotatable bonds is 9. The molecule has 0 radical (unpaired) electrons. The number of nitrogens with zero attached hydrogens (tertiary/aromatic N) is 2. The number of benzene rings is 2. The van der Waals surface area contributed by atoms with Crippen molar-refractivity contribution in [2.24, 2.45) is 0 Å². The first-order valence-corrected chi connectivity index (χ1v) is 10.4.